The van der Waals surface area contributed by atoms with Crippen molar-refractivity contribution in [3.63, 3.8) is 0 Å². The highest BCUT2D eigenvalue weighted by Gasteiger charge is 2.23. The summed E-state index contributed by atoms with van der Waals surface area (Å²) in [5.74, 6) is 1.30. The molecule has 0 spiro atoms. The number of carbonyl (C=O) groups excluding carboxylic acids is 1. The van der Waals surface area contributed by atoms with Crippen LogP contribution in [0.15, 0.2) is 65.8 Å². The molecule has 36 heavy (non-hydrogen) atoms. The van der Waals surface area contributed by atoms with E-state index in [1.807, 2.05) is 48.7 Å². The number of hydrogen-bond acceptors (Lipinski definition) is 4. The van der Waals surface area contributed by atoms with Gasteiger partial charge in [-0.05, 0) is 67.8 Å². The highest BCUT2D eigenvalue weighted by Crippen LogP contribution is 2.31. The van der Waals surface area contributed by atoms with E-state index in [9.17, 15) is 4.79 Å². The molecule has 1 heterocycles. The van der Waals surface area contributed by atoms with Gasteiger partial charge in [0.15, 0.2) is 11.0 Å². The van der Waals surface area contributed by atoms with Crippen LogP contribution in [-0.4, -0.2) is 20.8 Å². The lowest BCUT2D eigenvalue weighted by Crippen LogP contribution is -2.32. The minimum absolute atomic E-state index is 0.345. The van der Waals surface area contributed by atoms with Crippen LogP contribution in [-0.2, 0) is 5.75 Å². The fourth-order valence-electron chi connectivity index (χ4n) is 3.63. The van der Waals surface area contributed by atoms with E-state index in [4.69, 9.17) is 34.8 Å². The zero-order valence-electron chi connectivity index (χ0n) is 19.8. The van der Waals surface area contributed by atoms with Gasteiger partial charge in [0.05, 0.1) is 22.4 Å². The number of urea groups is 1. The molecule has 1 unspecified atom stereocenters. The van der Waals surface area contributed by atoms with Gasteiger partial charge < -0.3 is 10.6 Å². The van der Waals surface area contributed by atoms with Gasteiger partial charge in [-0.15, -0.1) is 10.2 Å². The van der Waals surface area contributed by atoms with Crippen LogP contribution in [0, 0.1) is 13.8 Å². The third kappa shape index (κ3) is 6.16. The Bertz CT molecular complexity index is 1410. The Hall–Kier alpha value is -2.71. The third-order valence-electron chi connectivity index (χ3n) is 5.60. The summed E-state index contributed by atoms with van der Waals surface area (Å²) < 4.78 is 1.95. The summed E-state index contributed by atoms with van der Waals surface area (Å²) in [5.41, 5.74) is 4.73. The second kappa shape index (κ2) is 11.6. The Morgan fingerprint density at radius 2 is 1.69 bits per heavy atom. The van der Waals surface area contributed by atoms with Crippen LogP contribution in [0.3, 0.4) is 0 Å². The number of nitrogens with zero attached hydrogens (tertiary/aromatic N) is 3. The van der Waals surface area contributed by atoms with Crippen molar-refractivity contribution in [2.24, 2.45) is 0 Å². The number of anilines is 1. The zero-order valence-corrected chi connectivity index (χ0v) is 22.9. The van der Waals surface area contributed by atoms with Crippen molar-refractivity contribution < 1.29 is 4.79 Å². The second-order valence-electron chi connectivity index (χ2n) is 8.27. The van der Waals surface area contributed by atoms with Crippen LogP contribution in [0.25, 0.3) is 5.69 Å². The number of thioether (sulfide) groups is 1. The van der Waals surface area contributed by atoms with Crippen molar-refractivity contribution in [2.75, 3.05) is 5.32 Å². The van der Waals surface area contributed by atoms with E-state index in [0.29, 0.717) is 31.7 Å². The predicted molar refractivity (Wildman–Crippen MR) is 149 cm³/mol. The number of carbonyl (C=O) groups is 1. The SMILES string of the molecule is Cc1ccccc1CSc1nnc(C(C)NC(=O)Nc2ccc(Cl)cc2Cl)n1-c1cc(Cl)ccc1C. The summed E-state index contributed by atoms with van der Waals surface area (Å²) in [7, 11) is 0. The van der Waals surface area contributed by atoms with Crippen molar-refractivity contribution in [3.05, 3.63) is 98.2 Å². The molecular weight excluding hydrogens is 537 g/mol. The van der Waals surface area contributed by atoms with E-state index in [-0.39, 0.29) is 0 Å². The van der Waals surface area contributed by atoms with E-state index in [1.54, 1.807) is 30.0 Å². The first kappa shape index (κ1) is 26.4. The van der Waals surface area contributed by atoms with Crippen molar-refractivity contribution in [1.82, 2.24) is 20.1 Å². The fraction of sp³-hybridized carbons (Fsp3) is 0.192. The molecule has 4 aromatic rings. The molecule has 0 saturated carbocycles. The topological polar surface area (TPSA) is 71.8 Å². The number of halogens is 3. The van der Waals surface area contributed by atoms with Crippen molar-refractivity contribution in [1.29, 1.82) is 0 Å². The number of aryl methyl sites for hydroxylation is 2. The number of rotatable bonds is 7. The Labute approximate surface area is 229 Å². The second-order valence-corrected chi connectivity index (χ2v) is 10.5. The molecule has 4 rings (SSSR count). The molecule has 10 heteroatoms. The number of hydrogen-bond donors (Lipinski definition) is 2. The lowest BCUT2D eigenvalue weighted by molar-refractivity contribution is 0.249. The van der Waals surface area contributed by atoms with Crippen molar-refractivity contribution in [3.8, 4) is 5.69 Å². The molecule has 0 aliphatic rings. The van der Waals surface area contributed by atoms with Gasteiger partial charge in [-0.3, -0.25) is 4.57 Å². The van der Waals surface area contributed by atoms with Gasteiger partial charge in [0.1, 0.15) is 0 Å². The number of nitrogens with one attached hydrogen (secondary N) is 2. The predicted octanol–water partition coefficient (Wildman–Crippen LogP) is 8.02. The average molecular weight is 561 g/mol. The van der Waals surface area contributed by atoms with Gasteiger partial charge in [0.2, 0.25) is 0 Å². The van der Waals surface area contributed by atoms with E-state index in [2.05, 4.69) is 39.9 Å². The molecule has 0 fully saturated rings. The first-order valence-electron chi connectivity index (χ1n) is 11.1. The summed E-state index contributed by atoms with van der Waals surface area (Å²) in [6, 6.07) is 17.9. The van der Waals surface area contributed by atoms with Gasteiger partial charge in [-0.2, -0.15) is 0 Å². The molecular formula is C26H24Cl3N5OS. The maximum atomic E-state index is 12.8. The highest BCUT2D eigenvalue weighted by atomic mass is 35.5. The Morgan fingerprint density at radius 1 is 0.972 bits per heavy atom. The first-order chi connectivity index (χ1) is 17.2. The van der Waals surface area contributed by atoms with Crippen LogP contribution in [0.4, 0.5) is 10.5 Å². The van der Waals surface area contributed by atoms with Crippen LogP contribution in [0.5, 0.6) is 0 Å². The molecule has 2 amide bonds. The van der Waals surface area contributed by atoms with Crippen molar-refractivity contribution in [2.45, 2.75) is 37.7 Å². The van der Waals surface area contributed by atoms with Crippen LogP contribution >= 0.6 is 46.6 Å². The Kier molecular flexibility index (Phi) is 8.46. The van der Waals surface area contributed by atoms with Crippen LogP contribution < -0.4 is 10.6 Å². The first-order valence-corrected chi connectivity index (χ1v) is 13.3. The standard InChI is InChI=1S/C26H24Cl3N5OS/c1-15-6-4-5-7-18(15)14-36-26-33-32-24(34(26)23-13-20(28)9-8-16(23)2)17(3)30-25(35)31-22-11-10-19(27)12-21(22)29/h4-13,17H,14H2,1-3H3,(H2,30,31,35). The van der Waals surface area contributed by atoms with Gasteiger partial charge in [0.25, 0.3) is 0 Å². The smallest absolute Gasteiger partial charge is 0.319 e. The van der Waals surface area contributed by atoms with E-state index in [0.717, 1.165) is 17.0 Å². The van der Waals surface area contributed by atoms with Gasteiger partial charge in [0, 0.05) is 15.8 Å². The largest absolute Gasteiger partial charge is 0.328 e. The lowest BCUT2D eigenvalue weighted by atomic mass is 10.1. The van der Waals surface area contributed by atoms with Crippen LogP contribution in [0.1, 0.15) is 35.5 Å². The molecule has 0 aliphatic carbocycles. The summed E-state index contributed by atoms with van der Waals surface area (Å²) in [6.07, 6.45) is 0. The quantitative estimate of drug-likeness (QED) is 0.225. The molecule has 1 aromatic heterocycles. The number of amides is 2. The van der Waals surface area contributed by atoms with E-state index < -0.39 is 12.1 Å². The number of aromatic nitrogens is 3. The molecule has 6 nitrogen and oxygen atoms in total. The van der Waals surface area contributed by atoms with E-state index in [1.165, 1.54) is 11.1 Å². The fourth-order valence-corrected chi connectivity index (χ4v) is 5.28. The van der Waals surface area contributed by atoms with Crippen molar-refractivity contribution >= 4 is 58.3 Å². The molecule has 186 valence electrons. The maximum Gasteiger partial charge on any atom is 0.319 e. The summed E-state index contributed by atoms with van der Waals surface area (Å²) in [6.45, 7) is 5.93. The molecule has 3 aromatic carbocycles. The Balaban J connectivity index is 1.62. The average Bonchev–Trinajstić information content (AvgIpc) is 3.26. The van der Waals surface area contributed by atoms with Crippen LogP contribution in [0.2, 0.25) is 15.1 Å². The normalized spacial score (nSPS) is 11.8. The van der Waals surface area contributed by atoms with Gasteiger partial charge in [-0.25, -0.2) is 4.79 Å². The summed E-state index contributed by atoms with van der Waals surface area (Å²) in [5, 5.41) is 16.7. The Morgan fingerprint density at radius 3 is 2.44 bits per heavy atom. The molecule has 0 aliphatic heterocycles. The molecule has 1 atom stereocenters. The maximum absolute atomic E-state index is 12.8. The molecule has 0 saturated heterocycles. The van der Waals surface area contributed by atoms with Gasteiger partial charge >= 0.3 is 6.03 Å². The molecule has 0 bridgehead atoms. The monoisotopic (exact) mass is 559 g/mol. The lowest BCUT2D eigenvalue weighted by Gasteiger charge is -2.18. The minimum Gasteiger partial charge on any atom is -0.328 e. The number of benzene rings is 3. The zero-order chi connectivity index (χ0) is 25.8. The highest BCUT2D eigenvalue weighted by molar-refractivity contribution is 7.98. The third-order valence-corrected chi connectivity index (χ3v) is 7.36. The molecule has 2 N–H and O–H groups in total. The minimum atomic E-state index is -0.477. The van der Waals surface area contributed by atoms with E-state index >= 15 is 0 Å². The summed E-state index contributed by atoms with van der Waals surface area (Å²) in [4.78, 5) is 12.8. The molecule has 0 radical (unpaired) electrons. The van der Waals surface area contributed by atoms with Gasteiger partial charge in [-0.1, -0.05) is 76.9 Å². The summed E-state index contributed by atoms with van der Waals surface area (Å²) >= 11 is 20.1.